The second-order valence-electron chi connectivity index (χ2n) is 8.75. The molecule has 1 fully saturated rings. The Kier molecular flexibility index (Phi) is 8.54. The van der Waals surface area contributed by atoms with Gasteiger partial charge in [-0.05, 0) is 68.1 Å². The van der Waals surface area contributed by atoms with Gasteiger partial charge < -0.3 is 20.0 Å². The van der Waals surface area contributed by atoms with Gasteiger partial charge in [-0.2, -0.15) is 5.26 Å². The summed E-state index contributed by atoms with van der Waals surface area (Å²) in [5, 5.41) is 19.4. The van der Waals surface area contributed by atoms with Crippen LogP contribution in [0.15, 0.2) is 51.9 Å². The molecule has 1 unspecified atom stereocenters. The molecule has 37 heavy (non-hydrogen) atoms. The molecule has 0 aliphatic carbocycles. The molecule has 0 spiro atoms. The van der Waals surface area contributed by atoms with E-state index in [1.807, 2.05) is 31.3 Å². The molecular formula is C26H26Cl2N6O3. The Morgan fingerprint density at radius 3 is 2.81 bits per heavy atom. The summed E-state index contributed by atoms with van der Waals surface area (Å²) in [5.41, 5.74) is 2.24. The lowest BCUT2D eigenvalue weighted by atomic mass is 10.1. The lowest BCUT2D eigenvalue weighted by molar-refractivity contribution is -0.136. The summed E-state index contributed by atoms with van der Waals surface area (Å²) in [6, 6.07) is 11.8. The molecule has 4 rings (SSSR count). The van der Waals surface area contributed by atoms with E-state index >= 15 is 0 Å². The Morgan fingerprint density at radius 1 is 1.19 bits per heavy atom. The summed E-state index contributed by atoms with van der Waals surface area (Å²) in [7, 11) is 0. The van der Waals surface area contributed by atoms with Crippen molar-refractivity contribution < 1.29 is 14.0 Å². The molecule has 1 aromatic heterocycles. The zero-order chi connectivity index (χ0) is 26.4. The third kappa shape index (κ3) is 6.94. The van der Waals surface area contributed by atoms with Crippen molar-refractivity contribution in [3.05, 3.63) is 63.8 Å². The van der Waals surface area contributed by atoms with Gasteiger partial charge >= 0.3 is 0 Å². The molecule has 0 saturated carbocycles. The van der Waals surface area contributed by atoms with Crippen LogP contribution in [0.4, 0.5) is 5.69 Å². The molecule has 192 valence electrons. The van der Waals surface area contributed by atoms with E-state index in [2.05, 4.69) is 20.9 Å². The van der Waals surface area contributed by atoms with Crippen molar-refractivity contribution in [1.29, 1.82) is 5.26 Å². The summed E-state index contributed by atoms with van der Waals surface area (Å²) in [6.45, 7) is 2.50. The molecule has 0 radical (unpaired) electrons. The van der Waals surface area contributed by atoms with Crippen molar-refractivity contribution in [3.8, 4) is 6.19 Å². The zero-order valence-electron chi connectivity index (χ0n) is 20.2. The number of nitriles is 1. The number of benzene rings is 2. The molecule has 3 aromatic rings. The smallest absolute Gasteiger partial charge is 0.247 e. The number of carbonyl (C=O) groups is 2. The first-order valence-corrected chi connectivity index (χ1v) is 12.6. The van der Waals surface area contributed by atoms with Gasteiger partial charge in [-0.25, -0.2) is 4.99 Å². The number of aliphatic imine (C=N–C) groups is 1. The SMILES string of the molecule is Cc1cc2cc(NC(=NC3CCCCN(CC(=O)NCc4ccc(Cl)c(Cl)c4)C3=O)NC#N)ccc2o1. The highest BCUT2D eigenvalue weighted by Gasteiger charge is 2.28. The van der Waals surface area contributed by atoms with Gasteiger partial charge in [0.2, 0.25) is 17.8 Å². The van der Waals surface area contributed by atoms with Crippen LogP contribution in [-0.4, -0.2) is 41.8 Å². The standard InChI is InChI=1S/C26H26Cl2N6O3/c1-16-10-18-12-19(6-8-23(18)37-16)32-26(31-15-29)33-22-4-2-3-9-34(25(22)36)14-24(35)30-13-17-5-7-20(27)21(28)11-17/h5-8,10-12,22H,2-4,9,13-14H2,1H3,(H,30,35)(H2,31,32,33). The van der Waals surface area contributed by atoms with Gasteiger partial charge in [-0.1, -0.05) is 29.3 Å². The summed E-state index contributed by atoms with van der Waals surface area (Å²) in [5.74, 6) is 0.399. The molecule has 2 amide bonds. The second kappa shape index (κ2) is 12.0. The summed E-state index contributed by atoms with van der Waals surface area (Å²) < 4.78 is 5.60. The number of hydrogen-bond acceptors (Lipinski definition) is 5. The van der Waals surface area contributed by atoms with Gasteiger partial charge in [0.25, 0.3) is 0 Å². The number of carbonyl (C=O) groups excluding carboxylic acids is 2. The van der Waals surface area contributed by atoms with E-state index in [9.17, 15) is 14.9 Å². The van der Waals surface area contributed by atoms with E-state index in [1.165, 1.54) is 4.90 Å². The predicted octanol–water partition coefficient (Wildman–Crippen LogP) is 4.58. The van der Waals surface area contributed by atoms with Crippen LogP contribution in [-0.2, 0) is 16.1 Å². The molecule has 11 heteroatoms. The molecule has 2 heterocycles. The van der Waals surface area contributed by atoms with Crippen LogP contribution in [0.1, 0.15) is 30.6 Å². The minimum Gasteiger partial charge on any atom is -0.461 e. The maximum Gasteiger partial charge on any atom is 0.247 e. The van der Waals surface area contributed by atoms with E-state index < -0.39 is 6.04 Å². The third-order valence-corrected chi connectivity index (χ3v) is 6.66. The number of rotatable bonds is 6. The van der Waals surface area contributed by atoms with Gasteiger partial charge in [0, 0.05) is 24.2 Å². The van der Waals surface area contributed by atoms with Gasteiger partial charge in [0.1, 0.15) is 17.4 Å². The topological polar surface area (TPSA) is 123 Å². The molecule has 1 aliphatic heterocycles. The van der Waals surface area contributed by atoms with E-state index in [4.69, 9.17) is 27.6 Å². The number of halogens is 2. The summed E-state index contributed by atoms with van der Waals surface area (Å²) >= 11 is 12.0. The molecule has 1 atom stereocenters. The normalized spacial score (nSPS) is 16.3. The monoisotopic (exact) mass is 540 g/mol. The van der Waals surface area contributed by atoms with Gasteiger partial charge in [-0.15, -0.1) is 0 Å². The highest BCUT2D eigenvalue weighted by Crippen LogP contribution is 2.24. The molecule has 2 aromatic carbocycles. The predicted molar refractivity (Wildman–Crippen MR) is 143 cm³/mol. The van der Waals surface area contributed by atoms with Crippen LogP contribution in [0.5, 0.6) is 0 Å². The van der Waals surface area contributed by atoms with Crippen LogP contribution in [0, 0.1) is 18.4 Å². The van der Waals surface area contributed by atoms with E-state index in [-0.39, 0.29) is 30.9 Å². The average Bonchev–Trinajstić information content (AvgIpc) is 3.16. The minimum atomic E-state index is -0.728. The quantitative estimate of drug-likeness (QED) is 0.182. The minimum absolute atomic E-state index is 0.0862. The number of nitrogens with zero attached hydrogens (tertiary/aromatic N) is 3. The van der Waals surface area contributed by atoms with Crippen molar-refractivity contribution in [2.24, 2.45) is 4.99 Å². The Labute approximate surface area is 224 Å². The number of anilines is 1. The fourth-order valence-corrected chi connectivity index (χ4v) is 4.46. The Morgan fingerprint density at radius 2 is 2.03 bits per heavy atom. The zero-order valence-corrected chi connectivity index (χ0v) is 21.7. The number of likely N-dealkylation sites (tertiary alicyclic amines) is 1. The van der Waals surface area contributed by atoms with Crippen LogP contribution in [0.3, 0.4) is 0 Å². The van der Waals surface area contributed by atoms with Crippen molar-refractivity contribution in [2.75, 3.05) is 18.4 Å². The van der Waals surface area contributed by atoms with Crippen LogP contribution >= 0.6 is 23.2 Å². The number of hydrogen-bond donors (Lipinski definition) is 3. The number of amides is 2. The van der Waals surface area contributed by atoms with Gasteiger partial charge in [0.05, 0.1) is 16.6 Å². The van der Waals surface area contributed by atoms with E-state index in [0.29, 0.717) is 28.7 Å². The van der Waals surface area contributed by atoms with Crippen LogP contribution in [0.2, 0.25) is 10.0 Å². The fourth-order valence-electron chi connectivity index (χ4n) is 4.14. The summed E-state index contributed by atoms with van der Waals surface area (Å²) in [4.78, 5) is 31.9. The number of aryl methyl sites for hydroxylation is 1. The second-order valence-corrected chi connectivity index (χ2v) is 9.56. The van der Waals surface area contributed by atoms with Crippen molar-refractivity contribution >= 4 is 57.6 Å². The largest absolute Gasteiger partial charge is 0.461 e. The first kappa shape index (κ1) is 26.3. The van der Waals surface area contributed by atoms with Crippen molar-refractivity contribution in [2.45, 2.75) is 38.8 Å². The molecule has 0 bridgehead atoms. The fraction of sp³-hybridized carbons (Fsp3) is 0.308. The lowest BCUT2D eigenvalue weighted by Gasteiger charge is -2.22. The number of fused-ring (bicyclic) bond motifs is 1. The van der Waals surface area contributed by atoms with Gasteiger partial charge in [0.15, 0.2) is 6.19 Å². The Hall–Kier alpha value is -3.74. The highest BCUT2D eigenvalue weighted by molar-refractivity contribution is 6.42. The average molecular weight is 541 g/mol. The van der Waals surface area contributed by atoms with E-state index in [1.54, 1.807) is 24.3 Å². The van der Waals surface area contributed by atoms with Crippen LogP contribution < -0.4 is 16.0 Å². The van der Waals surface area contributed by atoms with Crippen molar-refractivity contribution in [3.63, 3.8) is 0 Å². The van der Waals surface area contributed by atoms with Crippen molar-refractivity contribution in [1.82, 2.24) is 15.5 Å². The molecule has 1 saturated heterocycles. The number of nitrogens with one attached hydrogen (secondary N) is 3. The first-order chi connectivity index (χ1) is 17.8. The molecule has 9 nitrogen and oxygen atoms in total. The first-order valence-electron chi connectivity index (χ1n) is 11.8. The van der Waals surface area contributed by atoms with Crippen LogP contribution in [0.25, 0.3) is 11.0 Å². The summed E-state index contributed by atoms with van der Waals surface area (Å²) in [6.07, 6.45) is 3.89. The number of furan rings is 1. The molecular weight excluding hydrogens is 515 g/mol. The third-order valence-electron chi connectivity index (χ3n) is 5.92. The highest BCUT2D eigenvalue weighted by atomic mass is 35.5. The Balaban J connectivity index is 1.42. The maximum atomic E-state index is 13.3. The molecule has 1 aliphatic rings. The Bertz CT molecular complexity index is 1380. The lowest BCUT2D eigenvalue weighted by Crippen LogP contribution is -2.44. The van der Waals surface area contributed by atoms with Gasteiger partial charge in [-0.3, -0.25) is 14.9 Å². The van der Waals surface area contributed by atoms with E-state index in [0.717, 1.165) is 35.1 Å². The maximum absolute atomic E-state index is 13.3. The number of guanidine groups is 1. The molecule has 3 N–H and O–H groups in total.